The normalized spacial score (nSPS) is 27.5. The van der Waals surface area contributed by atoms with Crippen molar-refractivity contribution in [3.8, 4) is 0 Å². The van der Waals surface area contributed by atoms with E-state index in [1.807, 2.05) is 0 Å². The summed E-state index contributed by atoms with van der Waals surface area (Å²) in [6, 6.07) is 0.662. The number of likely N-dealkylation sites (tertiary alicyclic amines) is 1. The first-order chi connectivity index (χ1) is 8.18. The van der Waals surface area contributed by atoms with Gasteiger partial charge in [-0.05, 0) is 33.2 Å². The number of hydrogen-bond donors (Lipinski definition) is 0. The zero-order valence-corrected chi connectivity index (χ0v) is 11.3. The van der Waals surface area contributed by atoms with E-state index < -0.39 is 0 Å². The topological polar surface area (TPSA) is 15.7 Å². The van der Waals surface area contributed by atoms with Gasteiger partial charge in [0.2, 0.25) is 0 Å². The molecule has 17 heavy (non-hydrogen) atoms. The number of rotatable bonds is 3. The second-order valence-corrected chi connectivity index (χ2v) is 5.52. The molecule has 0 aromatic rings. The summed E-state index contributed by atoms with van der Waals surface area (Å²) < 4.78 is 5.40. The lowest BCUT2D eigenvalue weighted by Gasteiger charge is -2.40. The van der Waals surface area contributed by atoms with E-state index in [9.17, 15) is 0 Å². The highest BCUT2D eigenvalue weighted by Gasteiger charge is 2.26. The summed E-state index contributed by atoms with van der Waals surface area (Å²) in [7, 11) is 0. The van der Waals surface area contributed by atoms with E-state index in [0.29, 0.717) is 12.0 Å². The van der Waals surface area contributed by atoms with Crippen LogP contribution in [0.2, 0.25) is 0 Å². The molecule has 0 aromatic heterocycles. The van der Waals surface area contributed by atoms with Crippen molar-refractivity contribution >= 4 is 0 Å². The number of hydrogen-bond acceptors (Lipinski definition) is 3. The minimum absolute atomic E-state index is 0.657. The van der Waals surface area contributed by atoms with Gasteiger partial charge in [-0.3, -0.25) is 0 Å². The summed E-state index contributed by atoms with van der Waals surface area (Å²) in [5.41, 5.74) is 1.35. The van der Waals surface area contributed by atoms with Crippen LogP contribution in [0.15, 0.2) is 12.3 Å². The van der Waals surface area contributed by atoms with Crippen molar-refractivity contribution in [2.24, 2.45) is 5.92 Å². The van der Waals surface area contributed by atoms with E-state index in [1.165, 1.54) is 31.6 Å². The van der Waals surface area contributed by atoms with Crippen molar-refractivity contribution in [1.29, 1.82) is 0 Å². The molecule has 0 spiro atoms. The lowest BCUT2D eigenvalue weighted by atomic mass is 9.93. The Bertz CT molecular complexity index is 259. The first kappa shape index (κ1) is 12.9. The maximum Gasteiger partial charge on any atom is 0.0642 e. The number of morpholine rings is 1. The number of nitrogens with zero attached hydrogens (tertiary/aromatic N) is 2. The predicted molar refractivity (Wildman–Crippen MR) is 71.0 cm³/mol. The van der Waals surface area contributed by atoms with Crippen molar-refractivity contribution in [3.63, 3.8) is 0 Å². The van der Waals surface area contributed by atoms with Gasteiger partial charge >= 0.3 is 0 Å². The molecule has 0 aromatic carbocycles. The number of ether oxygens (including phenoxy) is 1. The molecule has 2 aliphatic rings. The van der Waals surface area contributed by atoms with Crippen molar-refractivity contribution in [3.05, 3.63) is 12.3 Å². The fraction of sp³-hybridized carbons (Fsp3) is 0.857. The average molecular weight is 238 g/mol. The molecule has 2 saturated heterocycles. The summed E-state index contributed by atoms with van der Waals surface area (Å²) in [6.45, 7) is 15.1. The molecule has 1 unspecified atom stereocenters. The van der Waals surface area contributed by atoms with Crippen LogP contribution in [0.4, 0.5) is 0 Å². The van der Waals surface area contributed by atoms with Crippen LogP contribution in [0.25, 0.3) is 0 Å². The third-order valence-electron chi connectivity index (χ3n) is 4.07. The molecule has 0 saturated carbocycles. The minimum atomic E-state index is 0.657. The summed E-state index contributed by atoms with van der Waals surface area (Å²) in [4.78, 5) is 5.01. The van der Waals surface area contributed by atoms with Crippen LogP contribution < -0.4 is 0 Å². The van der Waals surface area contributed by atoms with Crippen molar-refractivity contribution in [2.75, 3.05) is 39.4 Å². The molecule has 0 bridgehead atoms. The van der Waals surface area contributed by atoms with Gasteiger partial charge in [0.05, 0.1) is 13.2 Å². The van der Waals surface area contributed by atoms with E-state index in [4.69, 9.17) is 4.74 Å². The first-order valence-electron chi connectivity index (χ1n) is 6.94. The van der Waals surface area contributed by atoms with Crippen molar-refractivity contribution in [1.82, 2.24) is 9.80 Å². The molecule has 3 nitrogen and oxygen atoms in total. The van der Waals surface area contributed by atoms with Gasteiger partial charge in [0.15, 0.2) is 0 Å². The Morgan fingerprint density at radius 2 is 1.94 bits per heavy atom. The molecule has 0 amide bonds. The largest absolute Gasteiger partial charge is 0.378 e. The highest BCUT2D eigenvalue weighted by Crippen LogP contribution is 2.26. The third kappa shape index (κ3) is 3.23. The number of piperidine rings is 1. The monoisotopic (exact) mass is 238 g/mol. The fourth-order valence-electron chi connectivity index (χ4n) is 2.86. The van der Waals surface area contributed by atoms with E-state index in [1.54, 1.807) is 0 Å². The second kappa shape index (κ2) is 5.87. The molecule has 2 aliphatic heterocycles. The zero-order chi connectivity index (χ0) is 12.3. The molecule has 2 rings (SSSR count). The lowest BCUT2D eigenvalue weighted by molar-refractivity contribution is 0.0425. The average Bonchev–Trinajstić information content (AvgIpc) is 2.39. The van der Waals surface area contributed by atoms with Crippen LogP contribution in [-0.2, 0) is 4.74 Å². The van der Waals surface area contributed by atoms with Gasteiger partial charge in [-0.25, -0.2) is 0 Å². The minimum Gasteiger partial charge on any atom is -0.378 e. The van der Waals surface area contributed by atoms with Gasteiger partial charge in [0.25, 0.3) is 0 Å². The smallest absolute Gasteiger partial charge is 0.0642 e. The Balaban J connectivity index is 1.89. The first-order valence-corrected chi connectivity index (χ1v) is 6.94. The van der Waals surface area contributed by atoms with Gasteiger partial charge < -0.3 is 14.5 Å². The van der Waals surface area contributed by atoms with Gasteiger partial charge in [0, 0.05) is 37.3 Å². The van der Waals surface area contributed by atoms with Gasteiger partial charge in [-0.2, -0.15) is 0 Å². The Labute approximate surface area is 105 Å². The maximum absolute atomic E-state index is 5.40. The van der Waals surface area contributed by atoms with Gasteiger partial charge in [-0.15, -0.1) is 0 Å². The second-order valence-electron chi connectivity index (χ2n) is 5.52. The Hall–Kier alpha value is -0.540. The van der Waals surface area contributed by atoms with E-state index in [0.717, 1.165) is 26.3 Å². The summed E-state index contributed by atoms with van der Waals surface area (Å²) in [5.74, 6) is 0.657. The van der Waals surface area contributed by atoms with E-state index >= 15 is 0 Å². The molecule has 1 atom stereocenters. The van der Waals surface area contributed by atoms with Crippen LogP contribution >= 0.6 is 0 Å². The van der Waals surface area contributed by atoms with Crippen LogP contribution in [0.1, 0.15) is 26.7 Å². The molecule has 98 valence electrons. The summed E-state index contributed by atoms with van der Waals surface area (Å²) >= 11 is 0. The van der Waals surface area contributed by atoms with Crippen LogP contribution in [0.5, 0.6) is 0 Å². The fourth-order valence-corrected chi connectivity index (χ4v) is 2.86. The molecule has 0 radical (unpaired) electrons. The molecule has 3 heteroatoms. The Morgan fingerprint density at radius 1 is 1.24 bits per heavy atom. The van der Waals surface area contributed by atoms with Crippen molar-refractivity contribution < 1.29 is 4.74 Å². The quantitative estimate of drug-likeness (QED) is 0.747. The Morgan fingerprint density at radius 3 is 2.59 bits per heavy atom. The van der Waals surface area contributed by atoms with E-state index in [2.05, 4.69) is 30.2 Å². The predicted octanol–water partition coefficient (Wildman–Crippen LogP) is 1.95. The SMILES string of the molecule is C=C(C1CCCN(C(C)C)C1)N1CCOCC1. The molecule has 0 N–H and O–H groups in total. The maximum atomic E-state index is 5.40. The van der Waals surface area contributed by atoms with Gasteiger partial charge in [0.1, 0.15) is 0 Å². The lowest BCUT2D eigenvalue weighted by Crippen LogP contribution is -2.44. The summed E-state index contributed by atoms with van der Waals surface area (Å²) in [6.07, 6.45) is 2.62. The Kier molecular flexibility index (Phi) is 4.46. The zero-order valence-electron chi connectivity index (χ0n) is 11.3. The highest BCUT2D eigenvalue weighted by atomic mass is 16.5. The molecule has 0 aliphatic carbocycles. The molecular weight excluding hydrogens is 212 g/mol. The van der Waals surface area contributed by atoms with Crippen LogP contribution in [0, 0.1) is 5.92 Å². The summed E-state index contributed by atoms with van der Waals surface area (Å²) in [5, 5.41) is 0. The van der Waals surface area contributed by atoms with Crippen LogP contribution in [0.3, 0.4) is 0 Å². The standard InChI is InChI=1S/C14H26N2O/c1-12(2)16-6-4-5-14(11-16)13(3)15-7-9-17-10-8-15/h12,14H,3-11H2,1-2H3. The third-order valence-corrected chi connectivity index (χ3v) is 4.07. The van der Waals surface area contributed by atoms with Crippen LogP contribution in [-0.4, -0.2) is 55.2 Å². The highest BCUT2D eigenvalue weighted by molar-refractivity contribution is 5.03. The van der Waals surface area contributed by atoms with Crippen molar-refractivity contribution in [2.45, 2.75) is 32.7 Å². The molecule has 2 fully saturated rings. The molecule has 2 heterocycles. The van der Waals surface area contributed by atoms with Gasteiger partial charge in [-0.1, -0.05) is 6.58 Å². The molecular formula is C14H26N2O. The van der Waals surface area contributed by atoms with E-state index in [-0.39, 0.29) is 0 Å².